The van der Waals surface area contributed by atoms with Gasteiger partial charge >= 0.3 is 0 Å². The van der Waals surface area contributed by atoms with Gasteiger partial charge in [0.05, 0.1) is 24.5 Å². The van der Waals surface area contributed by atoms with Gasteiger partial charge in [0.15, 0.2) is 0 Å². The standard InChI is InChI=1S/C36H36N4S/c1-21-15-23(3)33(24(4)16-21)35-29-9-7-27(39-29)19-37-13-14-38-20-28-8-10-30(40-28)36(32-12-11-31(35)41-32)34-25(5)17-22(2)18-26(34)6/h7-12,15-20,39-40H,13-14H2,1-6H3/b35-31-,36-32?,37-19?,38-20?. The molecule has 0 saturated carbocycles. The van der Waals surface area contributed by atoms with E-state index in [4.69, 9.17) is 0 Å². The van der Waals surface area contributed by atoms with E-state index >= 15 is 0 Å². The highest BCUT2D eigenvalue weighted by molar-refractivity contribution is 7.08. The first kappa shape index (κ1) is 27.0. The number of aromatic nitrogens is 2. The Balaban J connectivity index is 1.74. The summed E-state index contributed by atoms with van der Waals surface area (Å²) in [5.74, 6) is 0. The molecule has 206 valence electrons. The molecule has 4 nitrogen and oxygen atoms in total. The summed E-state index contributed by atoms with van der Waals surface area (Å²) < 4.78 is 2.47. The number of fused-ring (bicyclic) bond motifs is 6. The molecular formula is C36H36N4S. The summed E-state index contributed by atoms with van der Waals surface area (Å²) in [7, 11) is 0. The predicted molar refractivity (Wildman–Crippen MR) is 175 cm³/mol. The summed E-state index contributed by atoms with van der Waals surface area (Å²) in [5.41, 5.74) is 16.9. The van der Waals surface area contributed by atoms with E-state index in [0.29, 0.717) is 13.1 Å². The van der Waals surface area contributed by atoms with Gasteiger partial charge in [0.25, 0.3) is 0 Å². The van der Waals surface area contributed by atoms with Gasteiger partial charge in [-0.25, -0.2) is 0 Å². The van der Waals surface area contributed by atoms with Crippen LogP contribution in [0.2, 0.25) is 0 Å². The Morgan fingerprint density at radius 3 is 1.32 bits per heavy atom. The number of aryl methyl sites for hydroxylation is 6. The van der Waals surface area contributed by atoms with Crippen LogP contribution in [0.3, 0.4) is 0 Å². The normalized spacial score (nSPS) is 14.9. The quantitative estimate of drug-likeness (QED) is 0.246. The molecule has 1 aliphatic rings. The number of hydrogen-bond acceptors (Lipinski definition) is 3. The SMILES string of the molecule is Cc1cc(C)c(C2=c3cc/c(s3)=C(/c3c(C)cc(C)cc3C)c3ccc([nH]3)C=NCCN=Cc3ccc2[nH]3)c(C)c1. The van der Waals surface area contributed by atoms with E-state index < -0.39 is 0 Å². The highest BCUT2D eigenvalue weighted by Crippen LogP contribution is 2.30. The Morgan fingerprint density at radius 2 is 0.927 bits per heavy atom. The minimum Gasteiger partial charge on any atom is -0.354 e. The van der Waals surface area contributed by atoms with Crippen molar-refractivity contribution >= 4 is 34.9 Å². The van der Waals surface area contributed by atoms with E-state index in [0.717, 1.165) is 22.8 Å². The number of thiophene rings is 1. The predicted octanol–water partition coefficient (Wildman–Crippen LogP) is 6.60. The monoisotopic (exact) mass is 556 g/mol. The number of aliphatic imine (C=N–C) groups is 2. The lowest BCUT2D eigenvalue weighted by molar-refractivity contribution is 0.983. The van der Waals surface area contributed by atoms with Crippen molar-refractivity contribution < 1.29 is 0 Å². The minimum atomic E-state index is 0.637. The van der Waals surface area contributed by atoms with Crippen LogP contribution in [0, 0.1) is 41.5 Å². The van der Waals surface area contributed by atoms with E-state index in [-0.39, 0.29) is 0 Å². The maximum Gasteiger partial charge on any atom is 0.0586 e. The second-order valence-electron chi connectivity index (χ2n) is 11.2. The van der Waals surface area contributed by atoms with Crippen LogP contribution in [0.4, 0.5) is 0 Å². The van der Waals surface area contributed by atoms with Gasteiger partial charge in [-0.3, -0.25) is 9.98 Å². The zero-order valence-electron chi connectivity index (χ0n) is 24.6. The Bertz CT molecular complexity index is 1770. The van der Waals surface area contributed by atoms with Crippen molar-refractivity contribution in [1.29, 1.82) is 0 Å². The Morgan fingerprint density at radius 1 is 0.537 bits per heavy atom. The van der Waals surface area contributed by atoms with Crippen LogP contribution < -0.4 is 9.06 Å². The molecule has 0 unspecified atom stereocenters. The summed E-state index contributed by atoms with van der Waals surface area (Å²) in [6.07, 6.45) is 3.84. The summed E-state index contributed by atoms with van der Waals surface area (Å²) >= 11 is 1.85. The van der Waals surface area contributed by atoms with Crippen LogP contribution in [0.1, 0.15) is 67.3 Å². The third-order valence-electron chi connectivity index (χ3n) is 7.73. The fourth-order valence-corrected chi connectivity index (χ4v) is 7.38. The topological polar surface area (TPSA) is 56.3 Å². The molecule has 1 aliphatic heterocycles. The van der Waals surface area contributed by atoms with E-state index in [1.807, 2.05) is 23.8 Å². The molecule has 0 amide bonds. The third-order valence-corrected chi connectivity index (χ3v) is 8.85. The van der Waals surface area contributed by atoms with Crippen LogP contribution >= 0.6 is 11.3 Å². The maximum atomic E-state index is 4.63. The molecule has 41 heavy (non-hydrogen) atoms. The molecule has 0 atom stereocenters. The van der Waals surface area contributed by atoms with Gasteiger partial charge in [-0.2, -0.15) is 0 Å². The van der Waals surface area contributed by atoms with Gasteiger partial charge in [0, 0.05) is 44.0 Å². The number of aromatic amines is 2. The average molecular weight is 557 g/mol. The second-order valence-corrected chi connectivity index (χ2v) is 12.3. The van der Waals surface area contributed by atoms with Crippen LogP contribution in [-0.4, -0.2) is 35.5 Å². The molecule has 0 saturated heterocycles. The minimum absolute atomic E-state index is 0.637. The first-order valence-electron chi connectivity index (χ1n) is 14.2. The Kier molecular flexibility index (Phi) is 7.22. The largest absolute Gasteiger partial charge is 0.354 e. The third kappa shape index (κ3) is 5.30. The van der Waals surface area contributed by atoms with Crippen LogP contribution in [0.25, 0.3) is 11.1 Å². The van der Waals surface area contributed by atoms with E-state index in [9.17, 15) is 0 Å². The summed E-state index contributed by atoms with van der Waals surface area (Å²) in [5, 5.41) is 0. The van der Waals surface area contributed by atoms with Crippen molar-refractivity contribution in [3.05, 3.63) is 137 Å². The van der Waals surface area contributed by atoms with Crippen molar-refractivity contribution in [1.82, 2.24) is 9.97 Å². The highest BCUT2D eigenvalue weighted by atomic mass is 32.1. The van der Waals surface area contributed by atoms with Gasteiger partial charge in [0.2, 0.25) is 0 Å². The van der Waals surface area contributed by atoms with E-state index in [1.165, 1.54) is 64.7 Å². The van der Waals surface area contributed by atoms with Crippen molar-refractivity contribution in [3.8, 4) is 0 Å². The molecule has 5 aromatic rings. The van der Waals surface area contributed by atoms with Crippen LogP contribution in [0.5, 0.6) is 0 Å². The molecule has 3 aromatic heterocycles. The molecule has 2 N–H and O–H groups in total. The molecule has 0 spiro atoms. The lowest BCUT2D eigenvalue weighted by Crippen LogP contribution is -2.10. The molecule has 0 radical (unpaired) electrons. The number of nitrogens with zero attached hydrogens (tertiary/aromatic N) is 2. The summed E-state index contributed by atoms with van der Waals surface area (Å²) in [6, 6.07) is 22.3. The first-order chi connectivity index (χ1) is 19.8. The summed E-state index contributed by atoms with van der Waals surface area (Å²) in [4.78, 5) is 16.6. The van der Waals surface area contributed by atoms with Crippen LogP contribution in [-0.2, 0) is 0 Å². The van der Waals surface area contributed by atoms with Crippen LogP contribution in [0.15, 0.2) is 70.6 Å². The van der Waals surface area contributed by atoms with Gasteiger partial charge in [-0.15, -0.1) is 11.3 Å². The van der Waals surface area contributed by atoms with Crippen molar-refractivity contribution in [2.75, 3.05) is 13.1 Å². The molecule has 5 heteroatoms. The molecule has 4 heterocycles. The summed E-state index contributed by atoms with van der Waals surface area (Å²) in [6.45, 7) is 14.5. The first-order valence-corrected chi connectivity index (χ1v) is 15.0. The van der Waals surface area contributed by atoms with E-state index in [2.05, 4.69) is 122 Å². The zero-order valence-corrected chi connectivity index (χ0v) is 25.5. The highest BCUT2D eigenvalue weighted by Gasteiger charge is 2.18. The fraction of sp³-hybridized carbons (Fsp3) is 0.222. The fourth-order valence-electron chi connectivity index (χ4n) is 6.24. The lowest BCUT2D eigenvalue weighted by atomic mass is 9.92. The lowest BCUT2D eigenvalue weighted by Gasteiger charge is -2.15. The van der Waals surface area contributed by atoms with Crippen molar-refractivity contribution in [3.63, 3.8) is 0 Å². The number of hydrogen-bond donors (Lipinski definition) is 2. The number of benzene rings is 2. The van der Waals surface area contributed by atoms with Gasteiger partial charge < -0.3 is 9.97 Å². The number of H-pyrrole nitrogens is 2. The zero-order chi connectivity index (χ0) is 28.7. The Hall–Kier alpha value is -4.22. The molecule has 0 fully saturated rings. The average Bonchev–Trinajstić information content (AvgIpc) is 3.67. The molecule has 2 aromatic carbocycles. The van der Waals surface area contributed by atoms with Crippen molar-refractivity contribution in [2.24, 2.45) is 9.98 Å². The molecule has 6 rings (SSSR count). The number of nitrogens with one attached hydrogen (secondary N) is 2. The van der Waals surface area contributed by atoms with Gasteiger partial charge in [-0.1, -0.05) is 35.4 Å². The Labute approximate surface area is 246 Å². The number of rotatable bonds is 2. The molecule has 6 bridgehead atoms. The maximum absolute atomic E-state index is 4.63. The molecular weight excluding hydrogens is 520 g/mol. The van der Waals surface area contributed by atoms with Gasteiger partial charge in [-0.05, 0) is 111 Å². The molecule has 0 aliphatic carbocycles. The smallest absolute Gasteiger partial charge is 0.0586 e. The second kappa shape index (κ2) is 11.0. The van der Waals surface area contributed by atoms with E-state index in [1.54, 1.807) is 0 Å². The van der Waals surface area contributed by atoms with Crippen molar-refractivity contribution in [2.45, 2.75) is 41.5 Å². The van der Waals surface area contributed by atoms with Gasteiger partial charge in [0.1, 0.15) is 0 Å².